The Kier molecular flexibility index (Phi) is 3.82. The Bertz CT molecular complexity index is 249. The molecule has 92 valence electrons. The van der Waals surface area contributed by atoms with Gasteiger partial charge in [0.15, 0.2) is 0 Å². The highest BCUT2D eigenvalue weighted by molar-refractivity contribution is 5.80. The highest BCUT2D eigenvalue weighted by Crippen LogP contribution is 2.30. The van der Waals surface area contributed by atoms with Crippen molar-refractivity contribution in [2.24, 2.45) is 5.92 Å². The van der Waals surface area contributed by atoms with Crippen LogP contribution in [0, 0.1) is 5.92 Å². The van der Waals surface area contributed by atoms with Crippen LogP contribution in [0.1, 0.15) is 25.7 Å². The third kappa shape index (κ3) is 2.55. The molecule has 2 fully saturated rings. The van der Waals surface area contributed by atoms with Crippen LogP contribution in [0.15, 0.2) is 0 Å². The minimum absolute atomic E-state index is 0.122. The number of carbonyl (C=O) groups excluding carboxylic acids is 1. The molecule has 0 unspecified atom stereocenters. The van der Waals surface area contributed by atoms with Crippen LogP contribution in [0.5, 0.6) is 0 Å². The summed E-state index contributed by atoms with van der Waals surface area (Å²) in [6.07, 6.45) is 4.45. The molecule has 0 spiro atoms. The van der Waals surface area contributed by atoms with Crippen molar-refractivity contribution in [3.8, 4) is 0 Å². The van der Waals surface area contributed by atoms with Gasteiger partial charge in [-0.1, -0.05) is 0 Å². The summed E-state index contributed by atoms with van der Waals surface area (Å²) in [6.45, 7) is 2.19. The Labute approximate surface area is 97.3 Å². The molecule has 0 aromatic heterocycles. The van der Waals surface area contributed by atoms with Gasteiger partial charge in [-0.25, -0.2) is 0 Å². The number of amides is 1. The smallest absolute Gasteiger partial charge is 0.251 e. The Morgan fingerprint density at radius 1 is 1.19 bits per heavy atom. The molecule has 2 heterocycles. The average molecular weight is 226 g/mol. The first-order valence-electron chi connectivity index (χ1n) is 6.26. The summed E-state index contributed by atoms with van der Waals surface area (Å²) in [5.41, 5.74) is 0. The van der Waals surface area contributed by atoms with Gasteiger partial charge in [-0.15, -0.1) is 0 Å². The van der Waals surface area contributed by atoms with E-state index in [4.69, 9.17) is 4.74 Å². The van der Waals surface area contributed by atoms with Gasteiger partial charge in [0, 0.05) is 14.1 Å². The fraction of sp³-hybridized carbons (Fsp3) is 0.917. The molecule has 1 N–H and O–H groups in total. The van der Waals surface area contributed by atoms with Crippen LogP contribution in [0.2, 0.25) is 0 Å². The monoisotopic (exact) mass is 226 g/mol. The summed E-state index contributed by atoms with van der Waals surface area (Å²) < 4.78 is 5.90. The first kappa shape index (κ1) is 11.9. The van der Waals surface area contributed by atoms with Crippen molar-refractivity contribution in [2.45, 2.75) is 37.9 Å². The van der Waals surface area contributed by atoms with E-state index in [1.165, 1.54) is 12.8 Å². The molecule has 4 nitrogen and oxygen atoms in total. The lowest BCUT2D eigenvalue weighted by Gasteiger charge is -2.28. The van der Waals surface area contributed by atoms with Crippen LogP contribution in [0.4, 0.5) is 0 Å². The molecule has 2 saturated heterocycles. The van der Waals surface area contributed by atoms with Crippen LogP contribution >= 0.6 is 0 Å². The zero-order valence-corrected chi connectivity index (χ0v) is 10.2. The van der Waals surface area contributed by atoms with Crippen molar-refractivity contribution >= 4 is 5.91 Å². The number of ether oxygens (including phenoxy) is 1. The van der Waals surface area contributed by atoms with Gasteiger partial charge >= 0.3 is 0 Å². The highest BCUT2D eigenvalue weighted by atomic mass is 16.5. The topological polar surface area (TPSA) is 41.6 Å². The van der Waals surface area contributed by atoms with E-state index in [9.17, 15) is 4.79 Å². The average Bonchev–Trinajstić information content (AvgIpc) is 2.78. The van der Waals surface area contributed by atoms with E-state index in [0.717, 1.165) is 25.9 Å². The molecular formula is C12H22N2O2. The summed E-state index contributed by atoms with van der Waals surface area (Å²) in [6, 6.07) is 0. The number of nitrogens with one attached hydrogen (secondary N) is 1. The number of nitrogens with zero attached hydrogens (tertiary/aromatic N) is 1. The normalized spacial score (nSPS) is 31.6. The molecule has 0 aromatic rings. The standard InChI is InChI=1S/C12H22N2O2/c1-14(2)12(15)11-4-3-10(16-11)9-5-7-13-8-6-9/h9-11,13H,3-8H2,1-2H3/t10-,11+/m1/s1. The summed E-state index contributed by atoms with van der Waals surface area (Å²) in [4.78, 5) is 13.4. The Morgan fingerprint density at radius 3 is 2.50 bits per heavy atom. The molecular weight excluding hydrogens is 204 g/mol. The van der Waals surface area contributed by atoms with E-state index in [1.807, 2.05) is 0 Å². The predicted molar refractivity (Wildman–Crippen MR) is 62.2 cm³/mol. The van der Waals surface area contributed by atoms with Gasteiger partial charge in [0.1, 0.15) is 6.10 Å². The maximum Gasteiger partial charge on any atom is 0.251 e. The number of piperidine rings is 1. The van der Waals surface area contributed by atoms with E-state index in [1.54, 1.807) is 19.0 Å². The Hall–Kier alpha value is -0.610. The van der Waals surface area contributed by atoms with E-state index in [2.05, 4.69) is 5.32 Å². The molecule has 0 radical (unpaired) electrons. The van der Waals surface area contributed by atoms with Crippen molar-refractivity contribution in [1.82, 2.24) is 10.2 Å². The second kappa shape index (κ2) is 5.15. The summed E-state index contributed by atoms with van der Waals surface area (Å²) in [5, 5.41) is 3.36. The van der Waals surface area contributed by atoms with Crippen molar-refractivity contribution in [3.63, 3.8) is 0 Å². The summed E-state index contributed by atoms with van der Waals surface area (Å²) >= 11 is 0. The Morgan fingerprint density at radius 2 is 1.88 bits per heavy atom. The first-order valence-corrected chi connectivity index (χ1v) is 6.26. The van der Waals surface area contributed by atoms with E-state index in [0.29, 0.717) is 12.0 Å². The molecule has 0 bridgehead atoms. The van der Waals surface area contributed by atoms with Gasteiger partial charge in [0.05, 0.1) is 6.10 Å². The quantitative estimate of drug-likeness (QED) is 0.750. The molecule has 0 aliphatic carbocycles. The highest BCUT2D eigenvalue weighted by Gasteiger charge is 2.36. The zero-order chi connectivity index (χ0) is 11.5. The fourth-order valence-electron chi connectivity index (χ4n) is 2.70. The van der Waals surface area contributed by atoms with Crippen LogP contribution in [-0.4, -0.2) is 50.2 Å². The number of rotatable bonds is 2. The van der Waals surface area contributed by atoms with Crippen LogP contribution in [0.3, 0.4) is 0 Å². The van der Waals surface area contributed by atoms with Crippen molar-refractivity contribution in [3.05, 3.63) is 0 Å². The molecule has 16 heavy (non-hydrogen) atoms. The van der Waals surface area contributed by atoms with Gasteiger partial charge in [0.2, 0.25) is 0 Å². The first-order chi connectivity index (χ1) is 7.68. The number of hydrogen-bond acceptors (Lipinski definition) is 3. The van der Waals surface area contributed by atoms with Crippen LogP contribution in [0.25, 0.3) is 0 Å². The predicted octanol–water partition coefficient (Wildman–Crippen LogP) is 0.622. The van der Waals surface area contributed by atoms with E-state index in [-0.39, 0.29) is 12.0 Å². The summed E-state index contributed by atoms with van der Waals surface area (Å²) in [7, 11) is 3.59. The molecule has 4 heteroatoms. The lowest BCUT2D eigenvalue weighted by Crippen LogP contribution is -2.37. The molecule has 2 rings (SSSR count). The third-order valence-electron chi connectivity index (χ3n) is 3.68. The lowest BCUT2D eigenvalue weighted by molar-refractivity contribution is -0.141. The number of carbonyl (C=O) groups is 1. The van der Waals surface area contributed by atoms with Crippen molar-refractivity contribution in [2.75, 3.05) is 27.2 Å². The molecule has 1 amide bonds. The van der Waals surface area contributed by atoms with Gasteiger partial charge in [-0.3, -0.25) is 4.79 Å². The van der Waals surface area contributed by atoms with Gasteiger partial charge in [-0.05, 0) is 44.7 Å². The fourth-order valence-corrected chi connectivity index (χ4v) is 2.70. The maximum atomic E-state index is 11.8. The van der Waals surface area contributed by atoms with Crippen molar-refractivity contribution < 1.29 is 9.53 Å². The van der Waals surface area contributed by atoms with E-state index < -0.39 is 0 Å². The third-order valence-corrected chi connectivity index (χ3v) is 3.68. The molecule has 2 aliphatic heterocycles. The number of likely N-dealkylation sites (N-methyl/N-ethyl adjacent to an activating group) is 1. The molecule has 0 aromatic carbocycles. The summed E-state index contributed by atoms with van der Waals surface area (Å²) in [5.74, 6) is 0.776. The second-order valence-electron chi connectivity index (χ2n) is 5.06. The maximum absolute atomic E-state index is 11.8. The van der Waals surface area contributed by atoms with Gasteiger partial charge in [-0.2, -0.15) is 0 Å². The Balaban J connectivity index is 1.85. The van der Waals surface area contributed by atoms with E-state index >= 15 is 0 Å². The second-order valence-corrected chi connectivity index (χ2v) is 5.06. The largest absolute Gasteiger partial charge is 0.365 e. The van der Waals surface area contributed by atoms with Gasteiger partial charge < -0.3 is 15.0 Å². The SMILES string of the molecule is CN(C)C(=O)[C@@H]1CC[C@H](C2CCNCC2)O1. The molecule has 0 saturated carbocycles. The minimum Gasteiger partial charge on any atom is -0.365 e. The minimum atomic E-state index is -0.185. The zero-order valence-electron chi connectivity index (χ0n) is 10.2. The van der Waals surface area contributed by atoms with Crippen LogP contribution < -0.4 is 5.32 Å². The number of hydrogen-bond donors (Lipinski definition) is 1. The molecule has 2 aliphatic rings. The molecule has 2 atom stereocenters. The lowest BCUT2D eigenvalue weighted by atomic mass is 9.91. The van der Waals surface area contributed by atoms with Crippen molar-refractivity contribution in [1.29, 1.82) is 0 Å². The van der Waals surface area contributed by atoms with Crippen LogP contribution in [-0.2, 0) is 9.53 Å². The van der Waals surface area contributed by atoms with Gasteiger partial charge in [0.25, 0.3) is 5.91 Å².